The molecule has 0 saturated carbocycles. The predicted molar refractivity (Wildman–Crippen MR) is 109 cm³/mol. The van der Waals surface area contributed by atoms with Crippen molar-refractivity contribution in [2.75, 3.05) is 34.3 Å². The van der Waals surface area contributed by atoms with Crippen LogP contribution in [0.15, 0.2) is 47.5 Å². The van der Waals surface area contributed by atoms with E-state index in [1.165, 1.54) is 0 Å². The highest BCUT2D eigenvalue weighted by molar-refractivity contribution is 5.79. The maximum atomic E-state index is 13.7. The van der Waals surface area contributed by atoms with E-state index in [1.54, 1.807) is 26.1 Å². The number of nitrogens with zero attached hydrogens (tertiary/aromatic N) is 2. The highest BCUT2D eigenvalue weighted by Gasteiger charge is 2.06. The average Bonchev–Trinajstić information content (AvgIpc) is 2.65. The Morgan fingerprint density at radius 1 is 1.11 bits per heavy atom. The molecule has 0 spiro atoms. The Morgan fingerprint density at radius 2 is 1.85 bits per heavy atom. The van der Waals surface area contributed by atoms with Gasteiger partial charge in [0.2, 0.25) is 0 Å². The molecule has 0 aliphatic carbocycles. The van der Waals surface area contributed by atoms with E-state index in [9.17, 15) is 4.39 Å². The fourth-order valence-corrected chi connectivity index (χ4v) is 2.46. The number of ether oxygens (including phenoxy) is 1. The summed E-state index contributed by atoms with van der Waals surface area (Å²) in [7, 11) is 5.75. The van der Waals surface area contributed by atoms with Crippen molar-refractivity contribution in [1.82, 2.24) is 15.5 Å². The largest absolute Gasteiger partial charge is 0.492 e. The minimum atomic E-state index is -0.193. The third-order valence-electron chi connectivity index (χ3n) is 4.13. The molecule has 2 N–H and O–H groups in total. The van der Waals surface area contributed by atoms with E-state index in [4.69, 9.17) is 4.74 Å². The summed E-state index contributed by atoms with van der Waals surface area (Å²) in [4.78, 5) is 6.31. The number of rotatable bonds is 8. The quantitative estimate of drug-likeness (QED) is 0.553. The van der Waals surface area contributed by atoms with Crippen LogP contribution in [0.1, 0.15) is 16.7 Å². The van der Waals surface area contributed by atoms with Gasteiger partial charge in [-0.2, -0.15) is 0 Å². The third kappa shape index (κ3) is 6.90. The van der Waals surface area contributed by atoms with Gasteiger partial charge in [0.15, 0.2) is 5.96 Å². The molecule has 0 fully saturated rings. The van der Waals surface area contributed by atoms with Crippen LogP contribution < -0.4 is 15.4 Å². The molecule has 0 atom stereocenters. The summed E-state index contributed by atoms with van der Waals surface area (Å²) in [5.41, 5.74) is 2.57. The molecular weight excluding hydrogens is 343 g/mol. The number of nitrogens with one attached hydrogen (secondary N) is 2. The minimum Gasteiger partial charge on any atom is -0.492 e. The van der Waals surface area contributed by atoms with Crippen LogP contribution in [-0.4, -0.2) is 45.2 Å². The van der Waals surface area contributed by atoms with Gasteiger partial charge in [0.05, 0.1) is 0 Å². The molecule has 0 unspecified atom stereocenters. The molecule has 0 heterocycles. The van der Waals surface area contributed by atoms with E-state index in [1.807, 2.05) is 44.4 Å². The fourth-order valence-electron chi connectivity index (χ4n) is 2.46. The summed E-state index contributed by atoms with van der Waals surface area (Å²) < 4.78 is 19.5. The average molecular weight is 372 g/mol. The lowest BCUT2D eigenvalue weighted by Crippen LogP contribution is -2.36. The Morgan fingerprint density at radius 3 is 2.56 bits per heavy atom. The second-order valence-corrected chi connectivity index (χ2v) is 6.62. The fraction of sp³-hybridized carbons (Fsp3) is 0.381. The van der Waals surface area contributed by atoms with Crippen molar-refractivity contribution in [3.05, 3.63) is 65.0 Å². The van der Waals surface area contributed by atoms with Crippen molar-refractivity contribution in [2.45, 2.75) is 20.0 Å². The Labute approximate surface area is 161 Å². The summed E-state index contributed by atoms with van der Waals surface area (Å²) in [5.74, 6) is 1.32. The van der Waals surface area contributed by atoms with Gasteiger partial charge in [-0.25, -0.2) is 4.39 Å². The molecule has 27 heavy (non-hydrogen) atoms. The first kappa shape index (κ1) is 20.7. The monoisotopic (exact) mass is 372 g/mol. The number of guanidine groups is 1. The first-order chi connectivity index (χ1) is 13.0. The van der Waals surface area contributed by atoms with E-state index >= 15 is 0 Å². The molecule has 0 bridgehead atoms. The van der Waals surface area contributed by atoms with Crippen LogP contribution in [0.5, 0.6) is 5.75 Å². The molecule has 0 aliphatic heterocycles. The number of likely N-dealkylation sites (N-methyl/N-ethyl adjacent to an activating group) is 1. The second-order valence-electron chi connectivity index (χ2n) is 6.62. The van der Waals surface area contributed by atoms with Gasteiger partial charge in [-0.15, -0.1) is 0 Å². The molecule has 2 aromatic rings. The van der Waals surface area contributed by atoms with Crippen molar-refractivity contribution in [1.29, 1.82) is 0 Å². The molecule has 0 radical (unpaired) electrons. The first-order valence-electron chi connectivity index (χ1n) is 9.04. The number of aryl methyl sites for hydroxylation is 1. The van der Waals surface area contributed by atoms with Crippen LogP contribution in [0.3, 0.4) is 0 Å². The Balaban J connectivity index is 1.89. The van der Waals surface area contributed by atoms with Gasteiger partial charge in [-0.05, 0) is 44.3 Å². The summed E-state index contributed by atoms with van der Waals surface area (Å²) in [6, 6.07) is 13.2. The summed E-state index contributed by atoms with van der Waals surface area (Å²) in [6.07, 6.45) is 0. The lowest BCUT2D eigenvalue weighted by atomic mass is 10.1. The Kier molecular flexibility index (Phi) is 8.07. The number of benzene rings is 2. The van der Waals surface area contributed by atoms with E-state index in [2.05, 4.69) is 20.5 Å². The lowest BCUT2D eigenvalue weighted by Gasteiger charge is -2.16. The van der Waals surface area contributed by atoms with Crippen LogP contribution >= 0.6 is 0 Å². The van der Waals surface area contributed by atoms with Crippen LogP contribution in [0.2, 0.25) is 0 Å². The van der Waals surface area contributed by atoms with Gasteiger partial charge in [0, 0.05) is 32.2 Å². The smallest absolute Gasteiger partial charge is 0.191 e. The Bertz CT molecular complexity index is 762. The molecular formula is C21H29FN4O. The number of hydrogen-bond donors (Lipinski definition) is 2. The summed E-state index contributed by atoms with van der Waals surface area (Å²) >= 11 is 0. The SMILES string of the molecule is CN=C(NCc1ccc(C)c(F)c1)NCc1ccccc1OCCN(C)C. The molecule has 0 aliphatic rings. The highest BCUT2D eigenvalue weighted by Crippen LogP contribution is 2.17. The van der Waals surface area contributed by atoms with Crippen molar-refractivity contribution < 1.29 is 9.13 Å². The van der Waals surface area contributed by atoms with Crippen LogP contribution in [-0.2, 0) is 13.1 Å². The van der Waals surface area contributed by atoms with E-state index in [0.717, 1.165) is 23.4 Å². The summed E-state index contributed by atoms with van der Waals surface area (Å²) in [5, 5.41) is 6.48. The molecule has 2 aromatic carbocycles. The van der Waals surface area contributed by atoms with Gasteiger partial charge < -0.3 is 20.3 Å². The number of hydrogen-bond acceptors (Lipinski definition) is 3. The van der Waals surface area contributed by atoms with Crippen molar-refractivity contribution in [3.63, 3.8) is 0 Å². The number of aliphatic imine (C=N–C) groups is 1. The van der Waals surface area contributed by atoms with Gasteiger partial charge in [0.1, 0.15) is 18.2 Å². The van der Waals surface area contributed by atoms with Crippen molar-refractivity contribution >= 4 is 5.96 Å². The van der Waals surface area contributed by atoms with Crippen LogP contribution in [0.4, 0.5) is 4.39 Å². The number of para-hydroxylation sites is 1. The maximum absolute atomic E-state index is 13.7. The van der Waals surface area contributed by atoms with E-state index < -0.39 is 0 Å². The van der Waals surface area contributed by atoms with Crippen LogP contribution in [0.25, 0.3) is 0 Å². The predicted octanol–water partition coefficient (Wildman–Crippen LogP) is 2.94. The van der Waals surface area contributed by atoms with Gasteiger partial charge in [0.25, 0.3) is 0 Å². The molecule has 0 amide bonds. The van der Waals surface area contributed by atoms with E-state index in [0.29, 0.717) is 31.2 Å². The maximum Gasteiger partial charge on any atom is 0.191 e. The second kappa shape index (κ2) is 10.5. The third-order valence-corrected chi connectivity index (χ3v) is 4.13. The zero-order valence-electron chi connectivity index (χ0n) is 16.6. The molecule has 6 heteroatoms. The van der Waals surface area contributed by atoms with E-state index in [-0.39, 0.29) is 5.82 Å². The van der Waals surface area contributed by atoms with Gasteiger partial charge in [-0.1, -0.05) is 30.3 Å². The molecule has 0 aromatic heterocycles. The van der Waals surface area contributed by atoms with Crippen molar-refractivity contribution in [2.24, 2.45) is 4.99 Å². The summed E-state index contributed by atoms with van der Waals surface area (Å²) in [6.45, 7) is 4.33. The Hall–Kier alpha value is -2.60. The topological polar surface area (TPSA) is 48.9 Å². The molecule has 2 rings (SSSR count). The zero-order valence-corrected chi connectivity index (χ0v) is 16.6. The highest BCUT2D eigenvalue weighted by atomic mass is 19.1. The molecule has 0 saturated heterocycles. The normalized spacial score (nSPS) is 11.6. The minimum absolute atomic E-state index is 0.193. The molecule has 146 valence electrons. The number of halogens is 1. The standard InChI is InChI=1S/C21H29FN4O/c1-16-9-10-17(13-19(16)22)14-24-21(23-2)25-15-18-7-5-6-8-20(18)27-12-11-26(3)4/h5-10,13H,11-12,14-15H2,1-4H3,(H2,23,24,25). The van der Waals surface area contributed by atoms with Crippen molar-refractivity contribution in [3.8, 4) is 5.75 Å². The van der Waals surface area contributed by atoms with Gasteiger partial charge >= 0.3 is 0 Å². The lowest BCUT2D eigenvalue weighted by molar-refractivity contribution is 0.259. The zero-order chi connectivity index (χ0) is 19.6. The van der Waals surface area contributed by atoms with Crippen LogP contribution in [0, 0.1) is 12.7 Å². The molecule has 5 nitrogen and oxygen atoms in total. The van der Waals surface area contributed by atoms with Gasteiger partial charge in [-0.3, -0.25) is 4.99 Å². The first-order valence-corrected chi connectivity index (χ1v) is 9.04.